The number of piperazine rings is 1. The lowest BCUT2D eigenvalue weighted by Gasteiger charge is -2.42. The lowest BCUT2D eigenvalue weighted by molar-refractivity contribution is 0.142. The number of methoxy groups -OCH3 is 1. The Balaban J connectivity index is 1.55. The Hall–Kier alpha value is -1.26. The second-order valence-corrected chi connectivity index (χ2v) is 6.29. The molecular weight excluding hydrogens is 262 g/mol. The van der Waals surface area contributed by atoms with Gasteiger partial charge < -0.3 is 15.4 Å². The number of anilines is 1. The van der Waals surface area contributed by atoms with Crippen molar-refractivity contribution < 1.29 is 4.74 Å². The van der Waals surface area contributed by atoms with E-state index in [1.165, 1.54) is 31.4 Å². The molecule has 0 atom stereocenters. The third-order valence-corrected chi connectivity index (χ3v) is 4.99. The van der Waals surface area contributed by atoms with Gasteiger partial charge in [0, 0.05) is 50.0 Å². The molecule has 2 aliphatic rings. The molecule has 0 radical (unpaired) electrons. The third kappa shape index (κ3) is 3.50. The lowest BCUT2D eigenvalue weighted by Crippen LogP contribution is -2.51. The van der Waals surface area contributed by atoms with Gasteiger partial charge in [0.15, 0.2) is 0 Å². The van der Waals surface area contributed by atoms with Crippen molar-refractivity contribution in [1.29, 1.82) is 0 Å². The van der Waals surface area contributed by atoms with Crippen LogP contribution in [0.4, 0.5) is 5.69 Å². The van der Waals surface area contributed by atoms with E-state index in [-0.39, 0.29) is 0 Å². The van der Waals surface area contributed by atoms with Gasteiger partial charge in [-0.05, 0) is 37.8 Å². The van der Waals surface area contributed by atoms with Gasteiger partial charge in [0.1, 0.15) is 5.75 Å². The molecule has 0 bridgehead atoms. The molecule has 21 heavy (non-hydrogen) atoms. The predicted molar refractivity (Wildman–Crippen MR) is 87.0 cm³/mol. The summed E-state index contributed by atoms with van der Waals surface area (Å²) in [5.41, 5.74) is 7.29. The Bertz CT molecular complexity index is 449. The first-order chi connectivity index (χ1) is 10.3. The Kier molecular flexibility index (Phi) is 4.66. The van der Waals surface area contributed by atoms with Gasteiger partial charge in [0.05, 0.1) is 7.11 Å². The van der Waals surface area contributed by atoms with Crippen LogP contribution in [0.5, 0.6) is 5.75 Å². The zero-order chi connectivity index (χ0) is 14.7. The van der Waals surface area contributed by atoms with Gasteiger partial charge in [-0.3, -0.25) is 4.90 Å². The summed E-state index contributed by atoms with van der Waals surface area (Å²) < 4.78 is 5.32. The molecule has 0 spiro atoms. The number of benzene rings is 1. The average Bonchev–Trinajstić information content (AvgIpc) is 2.56. The minimum Gasteiger partial charge on any atom is -0.497 e. The highest BCUT2D eigenvalue weighted by atomic mass is 16.5. The van der Waals surface area contributed by atoms with Crippen LogP contribution in [0.15, 0.2) is 24.3 Å². The molecule has 116 valence electrons. The second-order valence-electron chi connectivity index (χ2n) is 6.29. The number of ether oxygens (including phenoxy) is 1. The van der Waals surface area contributed by atoms with Gasteiger partial charge in [0.2, 0.25) is 0 Å². The van der Waals surface area contributed by atoms with E-state index in [1.54, 1.807) is 7.11 Å². The zero-order valence-corrected chi connectivity index (χ0v) is 13.0. The number of hydrogen-bond acceptors (Lipinski definition) is 4. The van der Waals surface area contributed by atoms with Crippen LogP contribution in [0.1, 0.15) is 25.7 Å². The quantitative estimate of drug-likeness (QED) is 0.925. The van der Waals surface area contributed by atoms with Crippen molar-refractivity contribution in [2.45, 2.75) is 37.8 Å². The first-order valence-corrected chi connectivity index (χ1v) is 8.15. The molecule has 0 amide bonds. The minimum atomic E-state index is 0.444. The zero-order valence-electron chi connectivity index (χ0n) is 13.0. The second kappa shape index (κ2) is 6.67. The van der Waals surface area contributed by atoms with Gasteiger partial charge in [-0.2, -0.15) is 0 Å². The summed E-state index contributed by atoms with van der Waals surface area (Å²) in [4.78, 5) is 5.14. The molecule has 4 nitrogen and oxygen atoms in total. The first-order valence-electron chi connectivity index (χ1n) is 8.15. The molecule has 1 aliphatic carbocycles. The van der Waals surface area contributed by atoms with Crippen LogP contribution in [0.25, 0.3) is 0 Å². The summed E-state index contributed by atoms with van der Waals surface area (Å²) in [6, 6.07) is 9.60. The maximum atomic E-state index is 6.01. The molecule has 0 unspecified atom stereocenters. The fourth-order valence-electron chi connectivity index (χ4n) is 3.62. The Morgan fingerprint density at radius 2 is 1.76 bits per heavy atom. The van der Waals surface area contributed by atoms with Gasteiger partial charge >= 0.3 is 0 Å². The van der Waals surface area contributed by atoms with E-state index in [9.17, 15) is 0 Å². The Morgan fingerprint density at radius 3 is 2.43 bits per heavy atom. The van der Waals surface area contributed by atoms with E-state index >= 15 is 0 Å². The minimum absolute atomic E-state index is 0.444. The number of nitrogens with zero attached hydrogens (tertiary/aromatic N) is 2. The summed E-state index contributed by atoms with van der Waals surface area (Å²) in [6.07, 6.45) is 4.95. The topological polar surface area (TPSA) is 41.7 Å². The highest BCUT2D eigenvalue weighted by Crippen LogP contribution is 2.26. The predicted octanol–water partition coefficient (Wildman–Crippen LogP) is 2.09. The molecule has 1 aromatic carbocycles. The van der Waals surface area contributed by atoms with Crippen molar-refractivity contribution in [3.05, 3.63) is 24.3 Å². The molecular formula is C17H27N3O. The first kappa shape index (κ1) is 14.7. The van der Waals surface area contributed by atoms with Crippen molar-refractivity contribution in [1.82, 2.24) is 4.90 Å². The van der Waals surface area contributed by atoms with Crippen LogP contribution < -0.4 is 15.4 Å². The van der Waals surface area contributed by atoms with Crippen molar-refractivity contribution in [3.8, 4) is 5.75 Å². The Morgan fingerprint density at radius 1 is 1.05 bits per heavy atom. The fraction of sp³-hybridized carbons (Fsp3) is 0.647. The van der Waals surface area contributed by atoms with E-state index in [0.29, 0.717) is 6.04 Å². The van der Waals surface area contributed by atoms with E-state index in [0.717, 1.165) is 38.0 Å². The normalized spacial score (nSPS) is 27.6. The average molecular weight is 289 g/mol. The van der Waals surface area contributed by atoms with Crippen LogP contribution in [-0.2, 0) is 0 Å². The molecule has 1 heterocycles. The lowest BCUT2D eigenvalue weighted by atomic mass is 9.90. The van der Waals surface area contributed by atoms with Crippen molar-refractivity contribution in [2.24, 2.45) is 5.73 Å². The van der Waals surface area contributed by atoms with E-state index in [1.807, 2.05) is 6.07 Å². The molecule has 2 N–H and O–H groups in total. The molecule has 1 aromatic rings. The Labute approximate surface area is 127 Å². The number of nitrogens with two attached hydrogens (primary N) is 1. The molecule has 0 aromatic heterocycles. The highest BCUT2D eigenvalue weighted by molar-refractivity contribution is 5.51. The maximum Gasteiger partial charge on any atom is 0.120 e. The summed E-state index contributed by atoms with van der Waals surface area (Å²) in [7, 11) is 1.73. The maximum absolute atomic E-state index is 6.01. The summed E-state index contributed by atoms with van der Waals surface area (Å²) in [6.45, 7) is 4.54. The van der Waals surface area contributed by atoms with Crippen LogP contribution in [0.3, 0.4) is 0 Å². The van der Waals surface area contributed by atoms with Crippen molar-refractivity contribution in [3.63, 3.8) is 0 Å². The molecule has 2 fully saturated rings. The van der Waals surface area contributed by atoms with E-state index in [4.69, 9.17) is 10.5 Å². The number of hydrogen-bond donors (Lipinski definition) is 1. The largest absolute Gasteiger partial charge is 0.497 e. The van der Waals surface area contributed by atoms with Crippen LogP contribution in [-0.4, -0.2) is 50.3 Å². The summed E-state index contributed by atoms with van der Waals surface area (Å²) in [5, 5.41) is 0. The molecule has 1 saturated heterocycles. The SMILES string of the molecule is COc1cccc(N2CCN(C3CCC(N)CC3)CC2)c1. The van der Waals surface area contributed by atoms with Crippen LogP contribution in [0.2, 0.25) is 0 Å². The van der Waals surface area contributed by atoms with Crippen LogP contribution >= 0.6 is 0 Å². The van der Waals surface area contributed by atoms with Gasteiger partial charge in [0.25, 0.3) is 0 Å². The van der Waals surface area contributed by atoms with E-state index < -0.39 is 0 Å². The smallest absolute Gasteiger partial charge is 0.120 e. The summed E-state index contributed by atoms with van der Waals surface area (Å²) >= 11 is 0. The summed E-state index contributed by atoms with van der Waals surface area (Å²) in [5.74, 6) is 0.941. The fourth-order valence-corrected chi connectivity index (χ4v) is 3.62. The van der Waals surface area contributed by atoms with Gasteiger partial charge in [-0.1, -0.05) is 6.07 Å². The molecule has 1 saturated carbocycles. The third-order valence-electron chi connectivity index (χ3n) is 4.99. The standard InChI is InChI=1S/C17H27N3O/c1-21-17-4-2-3-16(13-17)20-11-9-19(10-12-20)15-7-5-14(18)6-8-15/h2-4,13-15H,5-12,18H2,1H3. The molecule has 1 aliphatic heterocycles. The van der Waals surface area contributed by atoms with Crippen molar-refractivity contribution in [2.75, 3.05) is 38.2 Å². The monoisotopic (exact) mass is 289 g/mol. The van der Waals surface area contributed by atoms with Gasteiger partial charge in [-0.25, -0.2) is 0 Å². The van der Waals surface area contributed by atoms with E-state index in [2.05, 4.69) is 28.0 Å². The highest BCUT2D eigenvalue weighted by Gasteiger charge is 2.27. The molecule has 3 rings (SSSR count). The van der Waals surface area contributed by atoms with Crippen LogP contribution in [0, 0.1) is 0 Å². The molecule has 4 heteroatoms. The van der Waals surface area contributed by atoms with Crippen molar-refractivity contribution >= 4 is 5.69 Å². The van der Waals surface area contributed by atoms with Gasteiger partial charge in [-0.15, -0.1) is 0 Å². The number of rotatable bonds is 3.